The molecule has 0 spiro atoms. The molecule has 0 unspecified atom stereocenters. The second-order valence-corrected chi connectivity index (χ2v) is 7.46. The van der Waals surface area contributed by atoms with Gasteiger partial charge in [-0.3, -0.25) is 4.98 Å². The van der Waals surface area contributed by atoms with Crippen LogP contribution in [-0.2, 0) is 16.4 Å². The van der Waals surface area contributed by atoms with Crippen molar-refractivity contribution < 1.29 is 22.3 Å². The number of benzene rings is 1. The molecule has 140 valence electrons. The van der Waals surface area contributed by atoms with Gasteiger partial charge in [-0.05, 0) is 24.3 Å². The summed E-state index contributed by atoms with van der Waals surface area (Å²) >= 11 is 0. The van der Waals surface area contributed by atoms with E-state index in [1.165, 1.54) is 12.1 Å². The predicted molar refractivity (Wildman–Crippen MR) is 93.9 cm³/mol. The average molecular weight is 388 g/mol. The first-order valence-electron chi connectivity index (χ1n) is 8.24. The third-order valence-corrected chi connectivity index (χ3v) is 5.31. The van der Waals surface area contributed by atoms with Gasteiger partial charge in [-0.15, -0.1) is 10.2 Å². The van der Waals surface area contributed by atoms with Gasteiger partial charge in [-0.1, -0.05) is 0 Å². The lowest BCUT2D eigenvalue weighted by molar-refractivity contribution is 0.171. The summed E-state index contributed by atoms with van der Waals surface area (Å²) in [4.78, 5) is 4.03. The normalized spacial score (nSPS) is 13.5. The highest BCUT2D eigenvalue weighted by molar-refractivity contribution is 7.89. The highest BCUT2D eigenvalue weighted by Gasteiger charge is 2.19. The smallest absolute Gasteiger partial charge is 0.247 e. The van der Waals surface area contributed by atoms with E-state index in [1.807, 2.05) is 0 Å². The first kappa shape index (κ1) is 17.4. The molecular formula is C17H16N4O5S. The SMILES string of the molecule is O=S(=O)(NCCc1nnc(-c2ccncc2)o1)c1ccc2c(c1)OCCO2. The van der Waals surface area contributed by atoms with Crippen molar-refractivity contribution in [2.45, 2.75) is 11.3 Å². The van der Waals surface area contributed by atoms with Crippen LogP contribution in [-0.4, -0.2) is 43.4 Å². The van der Waals surface area contributed by atoms with Crippen LogP contribution in [0.4, 0.5) is 0 Å². The van der Waals surface area contributed by atoms with Gasteiger partial charge in [0.05, 0.1) is 4.90 Å². The largest absolute Gasteiger partial charge is 0.486 e. The summed E-state index contributed by atoms with van der Waals surface area (Å²) in [6.07, 6.45) is 3.52. The van der Waals surface area contributed by atoms with E-state index in [9.17, 15) is 8.42 Å². The van der Waals surface area contributed by atoms with Crippen LogP contribution in [0.1, 0.15) is 5.89 Å². The highest BCUT2D eigenvalue weighted by atomic mass is 32.2. The molecule has 1 aromatic carbocycles. The van der Waals surface area contributed by atoms with Crippen molar-refractivity contribution in [3.05, 3.63) is 48.6 Å². The molecular weight excluding hydrogens is 372 g/mol. The minimum atomic E-state index is -3.69. The van der Waals surface area contributed by atoms with Crippen LogP contribution in [0, 0.1) is 0 Å². The fraction of sp³-hybridized carbons (Fsp3) is 0.235. The van der Waals surface area contributed by atoms with E-state index in [4.69, 9.17) is 13.9 Å². The van der Waals surface area contributed by atoms with E-state index < -0.39 is 10.0 Å². The molecule has 0 aliphatic carbocycles. The van der Waals surface area contributed by atoms with Crippen molar-refractivity contribution in [2.75, 3.05) is 19.8 Å². The number of pyridine rings is 1. The first-order valence-corrected chi connectivity index (χ1v) is 9.72. The van der Waals surface area contributed by atoms with Gasteiger partial charge in [-0.2, -0.15) is 0 Å². The topological polar surface area (TPSA) is 116 Å². The standard InChI is InChI=1S/C17H16N4O5S/c22-27(23,13-1-2-14-15(11-13)25-10-9-24-14)19-8-5-16-20-21-17(26-16)12-3-6-18-7-4-12/h1-4,6-7,11,19H,5,8-10H2. The molecule has 27 heavy (non-hydrogen) atoms. The zero-order valence-corrected chi connectivity index (χ0v) is 15.0. The molecule has 0 bridgehead atoms. The number of rotatable bonds is 6. The second-order valence-electron chi connectivity index (χ2n) is 5.69. The summed E-state index contributed by atoms with van der Waals surface area (Å²) in [6.45, 7) is 0.957. The summed E-state index contributed by atoms with van der Waals surface area (Å²) < 4.78 is 43.8. The molecule has 4 rings (SSSR count). The number of nitrogens with zero attached hydrogens (tertiary/aromatic N) is 3. The molecule has 0 fully saturated rings. The van der Waals surface area contributed by atoms with E-state index in [-0.39, 0.29) is 17.9 Å². The minimum Gasteiger partial charge on any atom is -0.486 e. The Morgan fingerprint density at radius 2 is 1.78 bits per heavy atom. The average Bonchev–Trinajstić information content (AvgIpc) is 3.17. The minimum absolute atomic E-state index is 0.106. The van der Waals surface area contributed by atoms with Crippen molar-refractivity contribution >= 4 is 10.0 Å². The first-order chi connectivity index (χ1) is 13.1. The number of sulfonamides is 1. The van der Waals surface area contributed by atoms with Gasteiger partial charge in [-0.25, -0.2) is 13.1 Å². The van der Waals surface area contributed by atoms with Crippen LogP contribution in [0.5, 0.6) is 11.5 Å². The molecule has 3 heterocycles. The number of hydrogen-bond donors (Lipinski definition) is 1. The molecule has 2 aromatic heterocycles. The Kier molecular flexibility index (Phi) is 4.73. The fourth-order valence-electron chi connectivity index (χ4n) is 2.53. The lowest BCUT2D eigenvalue weighted by Gasteiger charge is -2.18. The Labute approximate surface area is 155 Å². The van der Waals surface area contributed by atoms with E-state index in [0.717, 1.165) is 5.56 Å². The second kappa shape index (κ2) is 7.33. The molecule has 0 radical (unpaired) electrons. The molecule has 1 N–H and O–H groups in total. The molecule has 1 aliphatic heterocycles. The van der Waals surface area contributed by atoms with Crippen LogP contribution >= 0.6 is 0 Å². The Balaban J connectivity index is 1.39. The lowest BCUT2D eigenvalue weighted by Crippen LogP contribution is -2.26. The van der Waals surface area contributed by atoms with Crippen LogP contribution in [0.15, 0.2) is 52.0 Å². The highest BCUT2D eigenvalue weighted by Crippen LogP contribution is 2.32. The van der Waals surface area contributed by atoms with Crippen molar-refractivity contribution in [2.24, 2.45) is 0 Å². The van der Waals surface area contributed by atoms with Gasteiger partial charge in [0.1, 0.15) is 13.2 Å². The number of aromatic nitrogens is 3. The number of fused-ring (bicyclic) bond motifs is 1. The molecule has 9 nitrogen and oxygen atoms in total. The Morgan fingerprint density at radius 1 is 1.00 bits per heavy atom. The van der Waals surface area contributed by atoms with Gasteiger partial charge in [0.2, 0.25) is 21.8 Å². The van der Waals surface area contributed by atoms with Crippen molar-refractivity contribution in [1.82, 2.24) is 19.9 Å². The maximum Gasteiger partial charge on any atom is 0.247 e. The van der Waals surface area contributed by atoms with Crippen LogP contribution < -0.4 is 14.2 Å². The zero-order valence-electron chi connectivity index (χ0n) is 14.2. The van der Waals surface area contributed by atoms with Gasteiger partial charge < -0.3 is 13.9 Å². The third-order valence-electron chi connectivity index (χ3n) is 3.85. The number of hydrogen-bond acceptors (Lipinski definition) is 8. The maximum atomic E-state index is 12.5. The van der Waals surface area contributed by atoms with E-state index in [0.29, 0.717) is 36.5 Å². The summed E-state index contributed by atoms with van der Waals surface area (Å²) in [6, 6.07) is 8.01. The lowest BCUT2D eigenvalue weighted by atomic mass is 10.3. The summed E-state index contributed by atoms with van der Waals surface area (Å²) in [5.74, 6) is 1.66. The summed E-state index contributed by atoms with van der Waals surface area (Å²) in [7, 11) is -3.69. The van der Waals surface area contributed by atoms with E-state index in [2.05, 4.69) is 19.9 Å². The van der Waals surface area contributed by atoms with E-state index in [1.54, 1.807) is 30.6 Å². The van der Waals surface area contributed by atoms with Gasteiger partial charge in [0.15, 0.2) is 11.5 Å². The maximum absolute atomic E-state index is 12.5. The summed E-state index contributed by atoms with van der Waals surface area (Å²) in [5.41, 5.74) is 0.751. The molecule has 1 aliphatic rings. The molecule has 0 amide bonds. The molecule has 10 heteroatoms. The quantitative estimate of drug-likeness (QED) is 0.674. The fourth-order valence-corrected chi connectivity index (χ4v) is 3.58. The number of nitrogens with one attached hydrogen (secondary N) is 1. The van der Waals surface area contributed by atoms with E-state index >= 15 is 0 Å². The predicted octanol–water partition coefficient (Wildman–Crippen LogP) is 1.42. The third kappa shape index (κ3) is 3.91. The van der Waals surface area contributed by atoms with Crippen molar-refractivity contribution in [3.8, 4) is 23.0 Å². The molecule has 0 saturated carbocycles. The van der Waals surface area contributed by atoms with Crippen LogP contribution in [0.25, 0.3) is 11.5 Å². The van der Waals surface area contributed by atoms with Gasteiger partial charge >= 0.3 is 0 Å². The molecule has 3 aromatic rings. The molecule has 0 atom stereocenters. The van der Waals surface area contributed by atoms with Gasteiger partial charge in [0, 0.05) is 37.0 Å². The Bertz CT molecular complexity index is 1040. The van der Waals surface area contributed by atoms with Crippen molar-refractivity contribution in [1.29, 1.82) is 0 Å². The molecule has 0 saturated heterocycles. The van der Waals surface area contributed by atoms with Gasteiger partial charge in [0.25, 0.3) is 0 Å². The Hall–Kier alpha value is -2.98. The number of ether oxygens (including phenoxy) is 2. The Morgan fingerprint density at radius 3 is 2.59 bits per heavy atom. The zero-order chi connectivity index (χ0) is 18.7. The monoisotopic (exact) mass is 388 g/mol. The van der Waals surface area contributed by atoms with Crippen LogP contribution in [0.2, 0.25) is 0 Å². The van der Waals surface area contributed by atoms with Crippen molar-refractivity contribution in [3.63, 3.8) is 0 Å². The van der Waals surface area contributed by atoms with Crippen LogP contribution in [0.3, 0.4) is 0 Å². The summed E-state index contributed by atoms with van der Waals surface area (Å²) in [5, 5.41) is 7.89.